The molecule has 8 rings (SSSR count). The average Bonchev–Trinajstić information content (AvgIpc) is 3.33. The van der Waals surface area contributed by atoms with Gasteiger partial charge in [-0.2, -0.15) is 9.97 Å². The first-order valence-electron chi connectivity index (χ1n) is 22.9. The van der Waals surface area contributed by atoms with Crippen LogP contribution in [0.2, 0.25) is 15.3 Å². The van der Waals surface area contributed by atoms with Crippen molar-refractivity contribution in [2.24, 2.45) is 0 Å². The standard InChI is InChI=1S/C24H28ClN6O4P.C12H12Cl2N3OP.C12H17N3O3/c1-30-12-10-17(11-13-30)35-21-9-8-16(14-20(21)31(32)33)27-24-26-15-18(25)23(29-24)28-19-6-4-5-7-22(19)36(2,3)34;1-19(2,18)10-6-4-3-5-9(10)16-11-8(13)7-15-12(14)17-11;1-14-6-4-10(5-7-14)18-12-3-2-9(13)8-11(12)15(16)17/h4-9,14-15,17H,10-13H2,1-3H3,(H2,26,27,28,29);3-7H,1-2H3,(H,15,16,17);2-3,8,10H,4-7,13H2,1H3. The highest BCUT2D eigenvalue weighted by atomic mass is 35.5. The summed E-state index contributed by atoms with van der Waals surface area (Å²) < 4.78 is 36.6. The number of piperidine rings is 2. The van der Waals surface area contributed by atoms with E-state index in [0.29, 0.717) is 50.5 Å². The van der Waals surface area contributed by atoms with Crippen LogP contribution in [0.1, 0.15) is 25.7 Å². The Bertz CT molecular complexity index is 3010. The largest absolute Gasteiger partial charge is 0.483 e. The Kier molecular flexibility index (Phi) is 19.4. The summed E-state index contributed by atoms with van der Waals surface area (Å²) in [6.07, 6.45) is 6.23. The van der Waals surface area contributed by atoms with Crippen LogP contribution in [0.3, 0.4) is 0 Å². The number of nitro benzene ring substituents is 2. The van der Waals surface area contributed by atoms with Gasteiger partial charge < -0.3 is 50.1 Å². The van der Waals surface area contributed by atoms with E-state index >= 15 is 0 Å². The van der Waals surface area contributed by atoms with Gasteiger partial charge in [0, 0.05) is 60.3 Å². The van der Waals surface area contributed by atoms with Crippen LogP contribution in [-0.2, 0) is 9.13 Å². The average molecular weight is 1100 g/mol. The van der Waals surface area contributed by atoms with Crippen LogP contribution in [0.25, 0.3) is 0 Å². The van der Waals surface area contributed by atoms with Gasteiger partial charge in [-0.25, -0.2) is 9.97 Å². The molecule has 6 aromatic rings. The third-order valence-electron chi connectivity index (χ3n) is 11.4. The zero-order valence-electron chi connectivity index (χ0n) is 41.0. The number of nitrogens with two attached hydrogens (primary N) is 1. The van der Waals surface area contributed by atoms with Crippen LogP contribution < -0.4 is 41.8 Å². The molecule has 4 heterocycles. The van der Waals surface area contributed by atoms with E-state index in [0.717, 1.165) is 57.2 Å². The molecule has 0 radical (unpaired) electrons. The number of nitrogen functional groups attached to an aromatic ring is 1. The molecule has 0 unspecified atom stereocenters. The normalized spacial score (nSPS) is 14.6. The maximum absolute atomic E-state index is 12.7. The first kappa shape index (κ1) is 56.2. The zero-order valence-corrected chi connectivity index (χ0v) is 45.1. The van der Waals surface area contributed by atoms with Crippen LogP contribution in [0.15, 0.2) is 97.3 Å². The van der Waals surface area contributed by atoms with Gasteiger partial charge in [0.2, 0.25) is 11.2 Å². The molecule has 0 aliphatic carbocycles. The number of nitrogens with one attached hydrogen (secondary N) is 3. The summed E-state index contributed by atoms with van der Waals surface area (Å²) in [5.74, 6) is 1.44. The van der Waals surface area contributed by atoms with Crippen molar-refractivity contribution in [3.8, 4) is 11.5 Å². The summed E-state index contributed by atoms with van der Waals surface area (Å²) in [6.45, 7) is 10.5. The summed E-state index contributed by atoms with van der Waals surface area (Å²) >= 11 is 18.0. The van der Waals surface area contributed by atoms with Crippen LogP contribution >= 0.6 is 49.1 Å². The third-order valence-corrected chi connectivity index (χ3v) is 15.3. The number of ether oxygens (including phenoxy) is 2. The minimum atomic E-state index is -2.55. The molecular formula is C48H57Cl3N12O8P2. The minimum absolute atomic E-state index is 0.0449. The Morgan fingerprint density at radius 2 is 1.07 bits per heavy atom. The number of hydrogen-bond acceptors (Lipinski definition) is 18. The quantitative estimate of drug-likeness (QED) is 0.0260. The van der Waals surface area contributed by atoms with Gasteiger partial charge in [-0.3, -0.25) is 20.2 Å². The van der Waals surface area contributed by atoms with E-state index in [9.17, 15) is 29.4 Å². The number of rotatable bonds is 14. The van der Waals surface area contributed by atoms with E-state index in [1.807, 2.05) is 43.4 Å². The lowest BCUT2D eigenvalue weighted by Crippen LogP contribution is -2.35. The van der Waals surface area contributed by atoms with Crippen molar-refractivity contribution in [3.05, 3.63) is 133 Å². The molecule has 2 aliphatic heterocycles. The van der Waals surface area contributed by atoms with E-state index in [4.69, 9.17) is 50.0 Å². The number of aromatic nitrogens is 4. The molecule has 5 N–H and O–H groups in total. The molecule has 4 aromatic carbocycles. The second kappa shape index (κ2) is 25.2. The molecule has 0 bridgehead atoms. The van der Waals surface area contributed by atoms with Gasteiger partial charge in [-0.05, 0) is 127 Å². The van der Waals surface area contributed by atoms with Gasteiger partial charge in [0.1, 0.15) is 36.5 Å². The molecule has 25 heteroatoms. The second-order valence-electron chi connectivity index (χ2n) is 18.0. The first-order valence-corrected chi connectivity index (χ1v) is 29.2. The van der Waals surface area contributed by atoms with Gasteiger partial charge in [0.05, 0.1) is 33.6 Å². The van der Waals surface area contributed by atoms with Gasteiger partial charge in [0.15, 0.2) is 23.1 Å². The number of likely N-dealkylation sites (tertiary alicyclic amines) is 2. The number of nitrogens with zero attached hydrogens (tertiary/aromatic N) is 8. The van der Waals surface area contributed by atoms with Crippen molar-refractivity contribution in [2.45, 2.75) is 37.9 Å². The van der Waals surface area contributed by atoms with Crippen molar-refractivity contribution >= 4 is 111 Å². The predicted octanol–water partition coefficient (Wildman–Crippen LogP) is 10.7. The lowest BCUT2D eigenvalue weighted by Gasteiger charge is -2.29. The molecule has 2 fully saturated rings. The topological polar surface area (TPSA) is 259 Å². The maximum Gasteiger partial charge on any atom is 0.313 e. The third kappa shape index (κ3) is 16.4. The molecule has 20 nitrogen and oxygen atoms in total. The molecule has 0 saturated carbocycles. The zero-order chi connectivity index (χ0) is 53.0. The maximum atomic E-state index is 12.7. The fourth-order valence-electron chi connectivity index (χ4n) is 7.61. The fraction of sp³-hybridized carbons (Fsp3) is 0.333. The van der Waals surface area contributed by atoms with Crippen LogP contribution in [0.5, 0.6) is 11.5 Å². The van der Waals surface area contributed by atoms with Crippen LogP contribution in [-0.4, -0.2) is 119 Å². The van der Waals surface area contributed by atoms with Gasteiger partial charge in [-0.1, -0.05) is 47.5 Å². The van der Waals surface area contributed by atoms with E-state index in [-0.39, 0.29) is 45.6 Å². The second-order valence-corrected chi connectivity index (χ2v) is 25.5. The molecule has 73 heavy (non-hydrogen) atoms. The van der Waals surface area contributed by atoms with Crippen molar-refractivity contribution in [2.75, 3.05) is 88.6 Å². The predicted molar refractivity (Wildman–Crippen MR) is 293 cm³/mol. The number of benzene rings is 4. The lowest BCUT2D eigenvalue weighted by molar-refractivity contribution is -0.386. The van der Waals surface area contributed by atoms with E-state index < -0.39 is 24.1 Å². The van der Waals surface area contributed by atoms with Crippen LogP contribution in [0.4, 0.5) is 51.7 Å². The van der Waals surface area contributed by atoms with E-state index in [2.05, 4.69) is 52.7 Å². The van der Waals surface area contributed by atoms with Crippen molar-refractivity contribution in [3.63, 3.8) is 0 Å². The molecule has 388 valence electrons. The monoisotopic (exact) mass is 1100 g/mol. The smallest absolute Gasteiger partial charge is 0.313 e. The highest BCUT2D eigenvalue weighted by Crippen LogP contribution is 2.40. The van der Waals surface area contributed by atoms with Gasteiger partial charge in [-0.15, -0.1) is 0 Å². The number of hydrogen-bond donors (Lipinski definition) is 4. The Morgan fingerprint density at radius 1 is 0.630 bits per heavy atom. The number of halogens is 3. The highest BCUT2D eigenvalue weighted by Gasteiger charge is 2.25. The van der Waals surface area contributed by atoms with Crippen molar-refractivity contribution in [1.29, 1.82) is 0 Å². The first-order chi connectivity index (χ1) is 34.5. The summed E-state index contributed by atoms with van der Waals surface area (Å²) in [5.41, 5.74) is 7.48. The summed E-state index contributed by atoms with van der Waals surface area (Å²) in [4.78, 5) is 42.6. The molecule has 0 amide bonds. The fourth-order valence-corrected chi connectivity index (χ4v) is 10.3. The van der Waals surface area contributed by atoms with Crippen LogP contribution in [0, 0.1) is 20.2 Å². The Labute approximate surface area is 438 Å². The van der Waals surface area contributed by atoms with Gasteiger partial charge >= 0.3 is 11.4 Å². The number of anilines is 7. The summed E-state index contributed by atoms with van der Waals surface area (Å²) in [7, 11) is -0.852. The van der Waals surface area contributed by atoms with Crippen molar-refractivity contribution in [1.82, 2.24) is 29.7 Å². The Balaban J connectivity index is 0.000000197. The lowest BCUT2D eigenvalue weighted by atomic mass is 10.1. The van der Waals surface area contributed by atoms with Crippen molar-refractivity contribution < 1.29 is 28.5 Å². The molecule has 2 aliphatic rings. The summed E-state index contributed by atoms with van der Waals surface area (Å²) in [6, 6.07) is 23.8. The number of para-hydroxylation sites is 2. The Morgan fingerprint density at radius 3 is 1.55 bits per heavy atom. The molecule has 0 atom stereocenters. The molecule has 2 saturated heterocycles. The SMILES string of the molecule is CN1CCC(Oc2ccc(N)cc2[N+](=O)[O-])CC1.CN1CCC(Oc2ccc(Nc3ncc(Cl)c(Nc4ccccc4P(C)(C)=O)n3)cc2[N+](=O)[O-])CC1.CP(C)(=O)c1ccccc1Nc1nc(Cl)ncc1Cl. The minimum Gasteiger partial charge on any atom is -0.483 e. The number of nitro groups is 2. The van der Waals surface area contributed by atoms with Gasteiger partial charge in [0.25, 0.3) is 0 Å². The molecule has 0 spiro atoms. The highest BCUT2D eigenvalue weighted by molar-refractivity contribution is 7.70. The van der Waals surface area contributed by atoms with E-state index in [1.54, 1.807) is 63.1 Å². The molecular weight excluding hydrogens is 1040 g/mol. The van der Waals surface area contributed by atoms with E-state index in [1.165, 1.54) is 24.5 Å². The molecule has 2 aromatic heterocycles. The Hall–Kier alpha value is -6.11. The summed E-state index contributed by atoms with van der Waals surface area (Å²) in [5, 5.41) is 34.0.